The molecule has 0 bridgehead atoms. The summed E-state index contributed by atoms with van der Waals surface area (Å²) in [5, 5.41) is 5.94. The lowest BCUT2D eigenvalue weighted by atomic mass is 10.1. The Bertz CT molecular complexity index is 398. The van der Waals surface area contributed by atoms with E-state index in [0.717, 1.165) is 6.42 Å². The van der Waals surface area contributed by atoms with Crippen LogP contribution in [0.3, 0.4) is 0 Å². The molecule has 0 unspecified atom stereocenters. The highest BCUT2D eigenvalue weighted by molar-refractivity contribution is 7.11. The Labute approximate surface area is 76.8 Å². The van der Waals surface area contributed by atoms with Gasteiger partial charge in [0.2, 0.25) is 0 Å². The van der Waals surface area contributed by atoms with Crippen LogP contribution < -0.4 is 0 Å². The van der Waals surface area contributed by atoms with E-state index in [2.05, 4.69) is 37.4 Å². The van der Waals surface area contributed by atoms with Crippen molar-refractivity contribution >= 4 is 22.1 Å². The van der Waals surface area contributed by atoms with Gasteiger partial charge < -0.3 is 0 Å². The van der Waals surface area contributed by atoms with Crippen LogP contribution in [0.15, 0.2) is 18.2 Å². The van der Waals surface area contributed by atoms with E-state index in [1.807, 2.05) is 0 Å². The van der Waals surface area contributed by atoms with E-state index in [4.69, 9.17) is 0 Å². The van der Waals surface area contributed by atoms with Gasteiger partial charge in [-0.15, -0.1) is 11.3 Å². The number of thiophene rings is 1. The number of benzene rings is 1. The Morgan fingerprint density at radius 2 is 2.25 bits per heavy atom. The molecule has 0 fully saturated rings. The summed E-state index contributed by atoms with van der Waals surface area (Å²) in [7, 11) is 0. The Morgan fingerprint density at radius 1 is 1.42 bits per heavy atom. The zero-order valence-corrected chi connectivity index (χ0v) is 8.16. The summed E-state index contributed by atoms with van der Waals surface area (Å²) in [5.74, 6) is 0. The molecule has 1 aromatic carbocycles. The molecule has 61 valence electrons. The highest BCUT2D eigenvalue weighted by atomic mass is 32.1. The number of rotatable bonds is 1. The summed E-state index contributed by atoms with van der Waals surface area (Å²) >= 11 is 1.71. The SMILES string of the molecule is CCc1ccc2c(C)s[c]c2c1. The molecular weight excluding hydrogens is 164 g/mol. The maximum absolute atomic E-state index is 3.30. The molecule has 0 atom stereocenters. The van der Waals surface area contributed by atoms with Gasteiger partial charge in [-0.3, -0.25) is 0 Å². The summed E-state index contributed by atoms with van der Waals surface area (Å²) in [5.41, 5.74) is 1.40. The molecule has 0 saturated carbocycles. The van der Waals surface area contributed by atoms with Crippen molar-refractivity contribution < 1.29 is 0 Å². The van der Waals surface area contributed by atoms with Crippen molar-refractivity contribution in [2.24, 2.45) is 0 Å². The van der Waals surface area contributed by atoms with Crippen LogP contribution in [0.4, 0.5) is 0 Å². The van der Waals surface area contributed by atoms with E-state index < -0.39 is 0 Å². The third-order valence-corrected chi connectivity index (χ3v) is 3.03. The molecule has 1 radical (unpaired) electrons. The second-order valence-electron chi connectivity index (χ2n) is 2.99. The highest BCUT2D eigenvalue weighted by Crippen LogP contribution is 2.24. The van der Waals surface area contributed by atoms with E-state index in [9.17, 15) is 0 Å². The van der Waals surface area contributed by atoms with Gasteiger partial charge in [-0.2, -0.15) is 0 Å². The van der Waals surface area contributed by atoms with Crippen molar-refractivity contribution in [2.45, 2.75) is 20.3 Å². The summed E-state index contributed by atoms with van der Waals surface area (Å²) < 4.78 is 0. The van der Waals surface area contributed by atoms with E-state index >= 15 is 0 Å². The third-order valence-electron chi connectivity index (χ3n) is 2.19. The van der Waals surface area contributed by atoms with E-state index in [1.165, 1.54) is 21.2 Å². The van der Waals surface area contributed by atoms with Gasteiger partial charge in [-0.25, -0.2) is 0 Å². The molecule has 0 aliphatic heterocycles. The van der Waals surface area contributed by atoms with E-state index in [-0.39, 0.29) is 0 Å². The van der Waals surface area contributed by atoms with E-state index in [0.29, 0.717) is 0 Å². The standard InChI is InChI=1S/C11H11S/c1-3-9-4-5-11-8(2)12-7-10(11)6-9/h4-6H,3H2,1-2H3. The fourth-order valence-electron chi connectivity index (χ4n) is 1.39. The van der Waals surface area contributed by atoms with Crippen LogP contribution >= 0.6 is 11.3 Å². The molecule has 0 spiro atoms. The lowest BCUT2D eigenvalue weighted by Gasteiger charge is -1.96. The van der Waals surface area contributed by atoms with Crippen LogP contribution in [0.1, 0.15) is 17.4 Å². The van der Waals surface area contributed by atoms with Crippen molar-refractivity contribution in [1.82, 2.24) is 0 Å². The van der Waals surface area contributed by atoms with Gasteiger partial charge in [-0.1, -0.05) is 19.1 Å². The van der Waals surface area contributed by atoms with Gasteiger partial charge in [0.15, 0.2) is 0 Å². The molecule has 1 heteroatoms. The number of fused-ring (bicyclic) bond motifs is 1. The molecule has 1 aromatic heterocycles. The number of hydrogen-bond acceptors (Lipinski definition) is 1. The maximum atomic E-state index is 3.30. The first-order valence-corrected chi connectivity index (χ1v) is 5.02. The molecule has 0 nitrogen and oxygen atoms in total. The lowest BCUT2D eigenvalue weighted by molar-refractivity contribution is 1.15. The highest BCUT2D eigenvalue weighted by Gasteiger charge is 1.99. The largest absolute Gasteiger partial charge is 0.138 e. The van der Waals surface area contributed by atoms with Crippen LogP contribution in [0.25, 0.3) is 10.8 Å². The first-order chi connectivity index (χ1) is 5.81. The summed E-state index contributed by atoms with van der Waals surface area (Å²) in [6.45, 7) is 4.33. The normalized spacial score (nSPS) is 10.8. The van der Waals surface area contributed by atoms with Crippen molar-refractivity contribution in [3.05, 3.63) is 34.0 Å². The quantitative estimate of drug-likeness (QED) is 0.621. The Hall–Kier alpha value is -0.820. The minimum atomic E-state index is 1.11. The number of aryl methyl sites for hydroxylation is 2. The molecular formula is C11H11S. The predicted molar refractivity (Wildman–Crippen MR) is 54.8 cm³/mol. The van der Waals surface area contributed by atoms with Gasteiger partial charge in [0, 0.05) is 10.3 Å². The van der Waals surface area contributed by atoms with Gasteiger partial charge in [0.05, 0.1) is 5.38 Å². The molecule has 0 saturated heterocycles. The zero-order chi connectivity index (χ0) is 8.55. The van der Waals surface area contributed by atoms with Gasteiger partial charge in [0.25, 0.3) is 0 Å². The number of hydrogen-bond donors (Lipinski definition) is 0. The van der Waals surface area contributed by atoms with Crippen LogP contribution in [-0.4, -0.2) is 0 Å². The van der Waals surface area contributed by atoms with Crippen molar-refractivity contribution in [3.63, 3.8) is 0 Å². The second-order valence-corrected chi connectivity index (χ2v) is 4.01. The molecule has 2 rings (SSSR count). The van der Waals surface area contributed by atoms with Gasteiger partial charge in [-0.05, 0) is 30.4 Å². The monoisotopic (exact) mass is 175 g/mol. The predicted octanol–water partition coefficient (Wildman–Crippen LogP) is 3.57. The fraction of sp³-hybridized carbons (Fsp3) is 0.273. The molecule has 12 heavy (non-hydrogen) atoms. The van der Waals surface area contributed by atoms with Crippen molar-refractivity contribution in [3.8, 4) is 0 Å². The Morgan fingerprint density at radius 3 is 3.00 bits per heavy atom. The zero-order valence-electron chi connectivity index (χ0n) is 7.35. The summed E-state index contributed by atoms with van der Waals surface area (Å²) in [4.78, 5) is 1.37. The first-order valence-electron chi connectivity index (χ1n) is 4.21. The summed E-state index contributed by atoms with van der Waals surface area (Å²) in [6, 6.07) is 6.64. The lowest BCUT2D eigenvalue weighted by Crippen LogP contribution is -1.77. The van der Waals surface area contributed by atoms with E-state index in [1.54, 1.807) is 11.3 Å². The van der Waals surface area contributed by atoms with Crippen LogP contribution in [0.5, 0.6) is 0 Å². The van der Waals surface area contributed by atoms with Gasteiger partial charge >= 0.3 is 0 Å². The maximum Gasteiger partial charge on any atom is 0.0530 e. The minimum absolute atomic E-state index is 1.11. The molecule has 1 heterocycles. The molecule has 0 aliphatic carbocycles. The fourth-order valence-corrected chi connectivity index (χ4v) is 2.11. The smallest absolute Gasteiger partial charge is 0.0530 e. The average Bonchev–Trinajstić information content (AvgIpc) is 2.47. The summed E-state index contributed by atoms with van der Waals surface area (Å²) in [6.07, 6.45) is 1.11. The van der Waals surface area contributed by atoms with Crippen LogP contribution in [-0.2, 0) is 6.42 Å². The second kappa shape index (κ2) is 2.91. The Balaban J connectivity index is 2.69. The molecule has 0 N–H and O–H groups in total. The molecule has 0 amide bonds. The van der Waals surface area contributed by atoms with Crippen molar-refractivity contribution in [2.75, 3.05) is 0 Å². The topological polar surface area (TPSA) is 0 Å². The first kappa shape index (κ1) is 7.81. The molecule has 0 aliphatic rings. The molecule has 2 aromatic rings. The minimum Gasteiger partial charge on any atom is -0.138 e. The average molecular weight is 175 g/mol. The van der Waals surface area contributed by atoms with Crippen LogP contribution in [0, 0.1) is 12.3 Å². The van der Waals surface area contributed by atoms with Crippen LogP contribution in [0.2, 0.25) is 0 Å². The van der Waals surface area contributed by atoms with Crippen molar-refractivity contribution in [1.29, 1.82) is 0 Å². The Kier molecular flexibility index (Phi) is 1.89. The third kappa shape index (κ3) is 1.14. The van der Waals surface area contributed by atoms with Gasteiger partial charge in [0.1, 0.15) is 0 Å².